The first-order valence-electron chi connectivity index (χ1n) is 9.83. The van der Waals surface area contributed by atoms with Gasteiger partial charge in [0, 0.05) is 30.5 Å². The number of aliphatic hydroxyl groups is 3. The number of fused-ring (bicyclic) bond motifs is 1. The summed E-state index contributed by atoms with van der Waals surface area (Å²) in [5.74, 6) is 1.02. The molecule has 13 atom stereocenters. The van der Waals surface area contributed by atoms with E-state index < -0.39 is 12.2 Å². The van der Waals surface area contributed by atoms with E-state index >= 15 is 0 Å². The molecule has 9 aliphatic rings. The highest BCUT2D eigenvalue weighted by molar-refractivity contribution is 5.43. The molecular weight excluding hydrogens is 302 g/mol. The van der Waals surface area contributed by atoms with Gasteiger partial charge in [-0.15, -0.1) is 0 Å². The Morgan fingerprint density at radius 2 is 1.88 bits per heavy atom. The molecule has 9 rings (SSSR count). The predicted molar refractivity (Wildman–Crippen MR) is 86.8 cm³/mol. The molecule has 130 valence electrons. The van der Waals surface area contributed by atoms with Crippen LogP contribution in [0.15, 0.2) is 12.2 Å². The molecule has 6 aliphatic carbocycles. The molecule has 9 bridgehead atoms. The zero-order chi connectivity index (χ0) is 16.4. The van der Waals surface area contributed by atoms with Gasteiger partial charge in [-0.2, -0.15) is 0 Å². The fourth-order valence-corrected chi connectivity index (χ4v) is 10.7. The predicted octanol–water partition coefficient (Wildman–Crippen LogP) is 0.764. The average Bonchev–Trinajstić information content (AvgIpc) is 2.88. The summed E-state index contributed by atoms with van der Waals surface area (Å²) >= 11 is 0. The van der Waals surface area contributed by atoms with Gasteiger partial charge in [-0.3, -0.25) is 4.90 Å². The minimum atomic E-state index is -0.460. The van der Waals surface area contributed by atoms with Gasteiger partial charge in [0.1, 0.15) is 0 Å². The zero-order valence-corrected chi connectivity index (χ0v) is 14.2. The maximum absolute atomic E-state index is 11.3. The van der Waals surface area contributed by atoms with Crippen LogP contribution in [-0.2, 0) is 0 Å². The largest absolute Gasteiger partial charge is 0.393 e. The maximum atomic E-state index is 11.3. The lowest BCUT2D eigenvalue weighted by molar-refractivity contribution is -0.213. The lowest BCUT2D eigenvalue weighted by Gasteiger charge is -2.65. The van der Waals surface area contributed by atoms with E-state index in [4.69, 9.17) is 0 Å². The monoisotopic (exact) mass is 329 g/mol. The summed E-state index contributed by atoms with van der Waals surface area (Å²) in [5.41, 5.74) is 1.37. The zero-order valence-electron chi connectivity index (χ0n) is 14.2. The van der Waals surface area contributed by atoms with Gasteiger partial charge in [-0.05, 0) is 53.8 Å². The summed E-state index contributed by atoms with van der Waals surface area (Å²) in [4.78, 5) is 2.73. The second-order valence-electron chi connectivity index (χ2n) is 10.8. The Balaban J connectivity index is 1.54. The molecule has 4 heteroatoms. The summed E-state index contributed by atoms with van der Waals surface area (Å²) in [6, 6.07) is 0.999. The number of hydrogen-bond donors (Lipinski definition) is 3. The molecule has 3 saturated heterocycles. The summed E-state index contributed by atoms with van der Waals surface area (Å²) in [6.07, 6.45) is 2.76. The third kappa shape index (κ3) is 0.980. The van der Waals surface area contributed by atoms with Gasteiger partial charge in [0.25, 0.3) is 0 Å². The fraction of sp³-hybridized carbons (Fsp3) is 0.900. The van der Waals surface area contributed by atoms with Crippen molar-refractivity contribution in [1.82, 2.24) is 4.90 Å². The molecule has 9 fully saturated rings. The van der Waals surface area contributed by atoms with Crippen molar-refractivity contribution in [3.63, 3.8) is 0 Å². The molecular formula is C20H27NO3. The average molecular weight is 329 g/mol. The SMILES string of the molecule is C=C1C[C@@]23CC4[C@@H]5[C@@]6(C)C[C@H](O)C[C@@]57[C@@H]2[C@H](O)[C@@H]1[C@H](O)[C@@H]3[C@H]7N4C6. The molecule has 3 N–H and O–H groups in total. The van der Waals surface area contributed by atoms with Crippen LogP contribution in [-0.4, -0.2) is 57.2 Å². The lowest BCUT2D eigenvalue weighted by atomic mass is 9.39. The molecule has 2 spiro atoms. The van der Waals surface area contributed by atoms with Crippen molar-refractivity contribution in [3.8, 4) is 0 Å². The van der Waals surface area contributed by atoms with Crippen LogP contribution in [0.4, 0.5) is 0 Å². The molecule has 0 aromatic heterocycles. The van der Waals surface area contributed by atoms with Gasteiger partial charge in [-0.25, -0.2) is 0 Å². The molecule has 0 radical (unpaired) electrons. The summed E-state index contributed by atoms with van der Waals surface area (Å²) in [7, 11) is 0. The standard InChI is InChI=1S/C20H27NO3/c1-8-3-19-6-10-15-18(2)4-9(22)5-20(15)16(19)14(24)11(8)13(23)12(19)17(20)21(10)7-18/h9-17,22-24H,1,3-7H2,2H3/t9-,10?,11-,12+,13-,14+,15+,16+,17+,18-,19-,20-/m0/s1. The smallest absolute Gasteiger partial charge is 0.0679 e. The minimum Gasteiger partial charge on any atom is -0.393 e. The molecule has 3 heterocycles. The Bertz CT molecular complexity index is 709. The maximum Gasteiger partial charge on any atom is 0.0679 e. The van der Waals surface area contributed by atoms with Crippen molar-refractivity contribution in [2.75, 3.05) is 6.54 Å². The van der Waals surface area contributed by atoms with Crippen LogP contribution in [0.25, 0.3) is 0 Å². The fourth-order valence-electron chi connectivity index (χ4n) is 10.7. The number of nitrogens with zero attached hydrogens (tertiary/aromatic N) is 1. The first kappa shape index (κ1) is 13.7. The number of aliphatic hydroxyl groups excluding tert-OH is 3. The molecule has 2 unspecified atom stereocenters. The van der Waals surface area contributed by atoms with Gasteiger partial charge in [-0.1, -0.05) is 19.1 Å². The Morgan fingerprint density at radius 3 is 2.67 bits per heavy atom. The third-order valence-corrected chi connectivity index (χ3v) is 10.1. The van der Waals surface area contributed by atoms with Crippen molar-refractivity contribution in [1.29, 1.82) is 0 Å². The second-order valence-corrected chi connectivity index (χ2v) is 10.8. The molecule has 0 amide bonds. The Kier molecular flexibility index (Phi) is 1.95. The number of hydrogen-bond acceptors (Lipinski definition) is 4. The van der Waals surface area contributed by atoms with Gasteiger partial charge in [0.05, 0.1) is 18.3 Å². The van der Waals surface area contributed by atoms with E-state index in [1.165, 1.54) is 0 Å². The van der Waals surface area contributed by atoms with Gasteiger partial charge >= 0.3 is 0 Å². The minimum absolute atomic E-state index is 0.0358. The first-order valence-corrected chi connectivity index (χ1v) is 9.83. The third-order valence-electron chi connectivity index (χ3n) is 10.1. The van der Waals surface area contributed by atoms with Crippen LogP contribution in [0, 0.1) is 39.9 Å². The Labute approximate surface area is 142 Å². The van der Waals surface area contributed by atoms with E-state index in [1.54, 1.807) is 0 Å². The van der Waals surface area contributed by atoms with Crippen LogP contribution in [0.3, 0.4) is 0 Å². The van der Waals surface area contributed by atoms with E-state index in [-0.39, 0.29) is 40.1 Å². The van der Waals surface area contributed by atoms with E-state index in [2.05, 4.69) is 18.4 Å². The summed E-state index contributed by atoms with van der Waals surface area (Å²) in [6.45, 7) is 7.72. The van der Waals surface area contributed by atoms with E-state index in [0.717, 1.165) is 37.8 Å². The molecule has 4 nitrogen and oxygen atoms in total. The van der Waals surface area contributed by atoms with Gasteiger partial charge in [0.15, 0.2) is 0 Å². The summed E-state index contributed by atoms with van der Waals surface area (Å²) in [5, 5.41) is 33.3. The Hall–Kier alpha value is -0.420. The molecule has 24 heavy (non-hydrogen) atoms. The first-order chi connectivity index (χ1) is 11.4. The van der Waals surface area contributed by atoms with Crippen LogP contribution >= 0.6 is 0 Å². The van der Waals surface area contributed by atoms with Crippen molar-refractivity contribution >= 4 is 0 Å². The van der Waals surface area contributed by atoms with Crippen molar-refractivity contribution < 1.29 is 15.3 Å². The van der Waals surface area contributed by atoms with Crippen LogP contribution in [0.2, 0.25) is 0 Å². The second kappa shape index (κ2) is 3.40. The summed E-state index contributed by atoms with van der Waals surface area (Å²) < 4.78 is 0. The van der Waals surface area contributed by atoms with E-state index in [9.17, 15) is 15.3 Å². The van der Waals surface area contributed by atoms with Crippen molar-refractivity contribution in [2.45, 2.75) is 63.0 Å². The van der Waals surface area contributed by atoms with Crippen molar-refractivity contribution in [2.24, 2.45) is 39.9 Å². The topological polar surface area (TPSA) is 63.9 Å². The molecule has 0 aromatic rings. The highest BCUT2D eigenvalue weighted by atomic mass is 16.3. The van der Waals surface area contributed by atoms with Crippen molar-refractivity contribution in [3.05, 3.63) is 12.2 Å². The molecule has 3 aliphatic heterocycles. The van der Waals surface area contributed by atoms with Crippen LogP contribution in [0.1, 0.15) is 32.6 Å². The van der Waals surface area contributed by atoms with E-state index in [0.29, 0.717) is 18.0 Å². The Morgan fingerprint density at radius 1 is 1.08 bits per heavy atom. The van der Waals surface area contributed by atoms with Gasteiger partial charge in [0.2, 0.25) is 0 Å². The van der Waals surface area contributed by atoms with Crippen LogP contribution < -0.4 is 0 Å². The number of piperidine rings is 2. The normalized spacial score (nSPS) is 76.1. The highest BCUT2D eigenvalue weighted by Gasteiger charge is 2.90. The van der Waals surface area contributed by atoms with E-state index in [1.807, 2.05) is 0 Å². The molecule has 6 saturated carbocycles. The highest BCUT2D eigenvalue weighted by Crippen LogP contribution is 2.86. The quantitative estimate of drug-likeness (QED) is 0.574. The van der Waals surface area contributed by atoms with Gasteiger partial charge < -0.3 is 15.3 Å². The lowest BCUT2D eigenvalue weighted by Crippen LogP contribution is -2.67. The van der Waals surface area contributed by atoms with Crippen LogP contribution in [0.5, 0.6) is 0 Å². The number of rotatable bonds is 0. The molecule has 0 aromatic carbocycles.